The molecule has 1 heterocycles. The minimum absolute atomic E-state index is 0.286. The normalized spacial score (nSPS) is 14.8. The number of rotatable bonds is 4. The Morgan fingerprint density at radius 2 is 1.73 bits per heavy atom. The molecular formula is C17H20N2O2S. The lowest BCUT2D eigenvalue weighted by Gasteiger charge is -2.10. The molecule has 0 fully saturated rings. The number of benzene rings is 2. The maximum atomic E-state index is 12.4. The van der Waals surface area contributed by atoms with Gasteiger partial charge in [0.25, 0.3) is 10.0 Å². The number of hydrogen-bond acceptors (Lipinski definition) is 3. The van der Waals surface area contributed by atoms with Gasteiger partial charge in [0.2, 0.25) is 0 Å². The van der Waals surface area contributed by atoms with Crippen molar-refractivity contribution in [3.63, 3.8) is 0 Å². The van der Waals surface area contributed by atoms with Crippen LogP contribution >= 0.6 is 0 Å². The van der Waals surface area contributed by atoms with E-state index in [-0.39, 0.29) is 4.90 Å². The average Bonchev–Trinajstić information content (AvgIpc) is 2.89. The molecule has 22 heavy (non-hydrogen) atoms. The molecule has 0 saturated heterocycles. The van der Waals surface area contributed by atoms with Crippen molar-refractivity contribution < 1.29 is 8.42 Å². The maximum Gasteiger partial charge on any atom is 0.261 e. The molecular weight excluding hydrogens is 296 g/mol. The molecule has 0 bridgehead atoms. The summed E-state index contributed by atoms with van der Waals surface area (Å²) >= 11 is 0. The van der Waals surface area contributed by atoms with Crippen LogP contribution in [0.15, 0.2) is 47.4 Å². The molecule has 2 aromatic rings. The monoisotopic (exact) mass is 316 g/mol. The van der Waals surface area contributed by atoms with Crippen LogP contribution in [0.1, 0.15) is 23.6 Å². The number of anilines is 1. The van der Waals surface area contributed by atoms with Crippen LogP contribution in [-0.2, 0) is 23.1 Å². The van der Waals surface area contributed by atoms with Crippen LogP contribution in [0.4, 0.5) is 5.69 Å². The molecule has 0 aromatic heterocycles. The Kier molecular flexibility index (Phi) is 3.93. The van der Waals surface area contributed by atoms with Crippen molar-refractivity contribution in [2.24, 2.45) is 0 Å². The van der Waals surface area contributed by atoms with Crippen molar-refractivity contribution in [3.8, 4) is 0 Å². The molecule has 0 amide bonds. The Bertz CT molecular complexity index is 783. The zero-order valence-corrected chi connectivity index (χ0v) is 13.7. The summed E-state index contributed by atoms with van der Waals surface area (Å²) in [7, 11) is -3.53. The molecule has 0 aliphatic carbocycles. The van der Waals surface area contributed by atoms with Gasteiger partial charge in [-0.2, -0.15) is 0 Å². The molecule has 1 aliphatic rings. The summed E-state index contributed by atoms with van der Waals surface area (Å²) in [6.45, 7) is 6.89. The largest absolute Gasteiger partial charge is 0.295 e. The van der Waals surface area contributed by atoms with Gasteiger partial charge < -0.3 is 0 Å². The van der Waals surface area contributed by atoms with Gasteiger partial charge in [-0.15, -0.1) is 0 Å². The second-order valence-corrected chi connectivity index (χ2v) is 7.39. The highest BCUT2D eigenvalue weighted by Crippen LogP contribution is 2.26. The smallest absolute Gasteiger partial charge is 0.261 e. The average molecular weight is 316 g/mol. The molecule has 4 nitrogen and oxygen atoms in total. The zero-order valence-electron chi connectivity index (χ0n) is 12.8. The highest BCUT2D eigenvalue weighted by Gasteiger charge is 2.19. The first-order valence-electron chi connectivity index (χ1n) is 7.41. The molecule has 0 radical (unpaired) electrons. The summed E-state index contributed by atoms with van der Waals surface area (Å²) in [5.74, 6) is 0. The Labute approximate surface area is 131 Å². The molecule has 2 aromatic carbocycles. The third-order valence-electron chi connectivity index (χ3n) is 4.02. The van der Waals surface area contributed by atoms with Crippen molar-refractivity contribution in [2.45, 2.75) is 31.8 Å². The van der Waals surface area contributed by atoms with E-state index >= 15 is 0 Å². The molecule has 0 spiro atoms. The van der Waals surface area contributed by atoms with Gasteiger partial charge in [0.15, 0.2) is 0 Å². The Morgan fingerprint density at radius 3 is 2.41 bits per heavy atom. The van der Waals surface area contributed by atoms with E-state index < -0.39 is 10.0 Å². The maximum absolute atomic E-state index is 12.4. The highest BCUT2D eigenvalue weighted by atomic mass is 32.2. The van der Waals surface area contributed by atoms with E-state index in [4.69, 9.17) is 0 Å². The zero-order chi connectivity index (χ0) is 15.7. The predicted octanol–water partition coefficient (Wildman–Crippen LogP) is 3.13. The minimum Gasteiger partial charge on any atom is -0.295 e. The van der Waals surface area contributed by atoms with E-state index in [1.165, 1.54) is 11.1 Å². The quantitative estimate of drug-likeness (QED) is 0.943. The third kappa shape index (κ3) is 3.00. The fourth-order valence-electron chi connectivity index (χ4n) is 2.68. The second-order valence-electron chi connectivity index (χ2n) is 5.71. The summed E-state index contributed by atoms with van der Waals surface area (Å²) in [6.07, 6.45) is 0. The van der Waals surface area contributed by atoms with Crippen molar-refractivity contribution in [1.29, 1.82) is 0 Å². The van der Waals surface area contributed by atoms with E-state index in [0.29, 0.717) is 5.69 Å². The number of fused-ring (bicyclic) bond motifs is 1. The molecule has 0 atom stereocenters. The second kappa shape index (κ2) is 5.74. The van der Waals surface area contributed by atoms with Crippen molar-refractivity contribution in [3.05, 3.63) is 59.2 Å². The summed E-state index contributed by atoms with van der Waals surface area (Å²) in [5.41, 5.74) is 4.14. The first-order valence-corrected chi connectivity index (χ1v) is 8.90. The van der Waals surface area contributed by atoms with Crippen LogP contribution in [0, 0.1) is 6.92 Å². The van der Waals surface area contributed by atoms with Crippen molar-refractivity contribution in [1.82, 2.24) is 4.90 Å². The van der Waals surface area contributed by atoms with Gasteiger partial charge in [0.1, 0.15) is 0 Å². The SMILES string of the molecule is CCN1Cc2ccc(NS(=O)(=O)c3ccc(C)cc3)cc2C1. The summed E-state index contributed by atoms with van der Waals surface area (Å²) in [4.78, 5) is 2.61. The number of aryl methyl sites for hydroxylation is 1. The molecule has 0 saturated carbocycles. The van der Waals surface area contributed by atoms with Gasteiger partial charge in [-0.05, 0) is 48.9 Å². The standard InChI is InChI=1S/C17H20N2O2S/c1-3-19-11-14-6-7-16(10-15(14)12-19)18-22(20,21)17-8-4-13(2)5-9-17/h4-10,18H,3,11-12H2,1-2H3. The first kappa shape index (κ1) is 15.1. The van der Waals surface area contributed by atoms with E-state index in [9.17, 15) is 8.42 Å². The predicted molar refractivity (Wildman–Crippen MR) is 88.2 cm³/mol. The van der Waals surface area contributed by atoms with Crippen LogP contribution in [0.3, 0.4) is 0 Å². The Balaban J connectivity index is 1.83. The molecule has 116 valence electrons. The van der Waals surface area contributed by atoms with Gasteiger partial charge in [0.05, 0.1) is 4.90 Å². The van der Waals surface area contributed by atoms with Crippen LogP contribution < -0.4 is 4.72 Å². The van der Waals surface area contributed by atoms with Crippen LogP contribution in [-0.4, -0.2) is 19.9 Å². The van der Waals surface area contributed by atoms with Gasteiger partial charge >= 0.3 is 0 Å². The molecule has 1 aliphatic heterocycles. The Hall–Kier alpha value is -1.85. The number of nitrogens with one attached hydrogen (secondary N) is 1. The van der Waals surface area contributed by atoms with E-state index in [1.807, 2.05) is 25.1 Å². The van der Waals surface area contributed by atoms with Crippen LogP contribution in [0.2, 0.25) is 0 Å². The molecule has 3 rings (SSSR count). The summed E-state index contributed by atoms with van der Waals surface area (Å²) in [5, 5.41) is 0. The minimum atomic E-state index is -3.53. The van der Waals surface area contributed by atoms with E-state index in [2.05, 4.69) is 16.5 Å². The summed E-state index contributed by atoms with van der Waals surface area (Å²) < 4.78 is 27.5. The summed E-state index contributed by atoms with van der Waals surface area (Å²) in [6, 6.07) is 12.7. The molecule has 5 heteroatoms. The highest BCUT2D eigenvalue weighted by molar-refractivity contribution is 7.92. The topological polar surface area (TPSA) is 49.4 Å². The van der Waals surface area contributed by atoms with Gasteiger partial charge in [0, 0.05) is 18.8 Å². The van der Waals surface area contributed by atoms with Crippen LogP contribution in [0.25, 0.3) is 0 Å². The van der Waals surface area contributed by atoms with Crippen molar-refractivity contribution in [2.75, 3.05) is 11.3 Å². The van der Waals surface area contributed by atoms with E-state index in [0.717, 1.165) is 25.2 Å². The third-order valence-corrected chi connectivity index (χ3v) is 5.42. The lowest BCUT2D eigenvalue weighted by molar-refractivity contribution is 0.301. The lowest BCUT2D eigenvalue weighted by atomic mass is 10.1. The van der Waals surface area contributed by atoms with Gasteiger partial charge in [-0.1, -0.05) is 30.7 Å². The van der Waals surface area contributed by atoms with Crippen LogP contribution in [0.5, 0.6) is 0 Å². The molecule has 1 N–H and O–H groups in total. The number of sulfonamides is 1. The van der Waals surface area contributed by atoms with Gasteiger partial charge in [-0.25, -0.2) is 8.42 Å². The lowest BCUT2D eigenvalue weighted by Crippen LogP contribution is -2.14. The number of hydrogen-bond donors (Lipinski definition) is 1. The van der Waals surface area contributed by atoms with Gasteiger partial charge in [-0.3, -0.25) is 9.62 Å². The Morgan fingerprint density at radius 1 is 1.05 bits per heavy atom. The fourth-order valence-corrected chi connectivity index (χ4v) is 3.73. The van der Waals surface area contributed by atoms with Crippen molar-refractivity contribution >= 4 is 15.7 Å². The van der Waals surface area contributed by atoms with E-state index in [1.54, 1.807) is 24.3 Å². The number of nitrogens with zero attached hydrogens (tertiary/aromatic N) is 1. The molecule has 0 unspecified atom stereocenters. The first-order chi connectivity index (χ1) is 10.5. The fraction of sp³-hybridized carbons (Fsp3) is 0.294.